The van der Waals surface area contributed by atoms with Crippen molar-refractivity contribution in [1.82, 2.24) is 9.21 Å². The molecule has 1 amide bonds. The van der Waals surface area contributed by atoms with Crippen molar-refractivity contribution in [3.63, 3.8) is 0 Å². The normalized spacial score (nSPS) is 23.9. The summed E-state index contributed by atoms with van der Waals surface area (Å²) in [6.07, 6.45) is 1.73. The van der Waals surface area contributed by atoms with Crippen LogP contribution < -0.4 is 0 Å². The highest BCUT2D eigenvalue weighted by molar-refractivity contribution is 7.89. The van der Waals surface area contributed by atoms with Crippen molar-refractivity contribution in [2.75, 3.05) is 19.6 Å². The lowest BCUT2D eigenvalue weighted by Gasteiger charge is -2.35. The molecule has 1 aromatic carbocycles. The van der Waals surface area contributed by atoms with Crippen LogP contribution in [0.2, 0.25) is 0 Å². The second-order valence-corrected chi connectivity index (χ2v) is 7.28. The molecule has 2 aliphatic heterocycles. The van der Waals surface area contributed by atoms with Gasteiger partial charge in [0.25, 0.3) is 15.9 Å². The third kappa shape index (κ3) is 2.13. The van der Waals surface area contributed by atoms with Gasteiger partial charge in [-0.05, 0) is 38.4 Å². The second kappa shape index (κ2) is 4.86. The molecule has 5 nitrogen and oxygen atoms in total. The summed E-state index contributed by atoms with van der Waals surface area (Å²) in [7, 11) is -3.71. The minimum atomic E-state index is -3.71. The number of amides is 1. The molecule has 1 atom stereocenters. The molecule has 0 aliphatic carbocycles. The van der Waals surface area contributed by atoms with Gasteiger partial charge in [-0.2, -0.15) is 0 Å². The van der Waals surface area contributed by atoms with E-state index in [0.717, 1.165) is 29.3 Å². The summed E-state index contributed by atoms with van der Waals surface area (Å²) >= 11 is 0. The highest BCUT2D eigenvalue weighted by Gasteiger charge is 2.42. The van der Waals surface area contributed by atoms with E-state index in [-0.39, 0.29) is 23.4 Å². The SMILES string of the molecule is Cc1ccc(S(=O)(=O)N2CCN3CCC[C@H]3C2=O)cc1. The molecule has 0 unspecified atom stereocenters. The van der Waals surface area contributed by atoms with Crippen molar-refractivity contribution in [3.05, 3.63) is 29.8 Å². The highest BCUT2D eigenvalue weighted by atomic mass is 32.2. The minimum Gasteiger partial charge on any atom is -0.290 e. The van der Waals surface area contributed by atoms with E-state index in [1.54, 1.807) is 24.3 Å². The Hall–Kier alpha value is -1.40. The van der Waals surface area contributed by atoms with E-state index in [9.17, 15) is 13.2 Å². The molecule has 2 aliphatic rings. The van der Waals surface area contributed by atoms with E-state index >= 15 is 0 Å². The lowest BCUT2D eigenvalue weighted by molar-refractivity contribution is -0.134. The summed E-state index contributed by atoms with van der Waals surface area (Å²) in [4.78, 5) is 14.7. The number of sulfonamides is 1. The van der Waals surface area contributed by atoms with Gasteiger partial charge in [-0.3, -0.25) is 9.69 Å². The average Bonchev–Trinajstić information content (AvgIpc) is 2.88. The molecule has 0 bridgehead atoms. The van der Waals surface area contributed by atoms with E-state index in [1.165, 1.54) is 0 Å². The van der Waals surface area contributed by atoms with Crippen LogP contribution in [0.4, 0.5) is 0 Å². The third-order valence-electron chi connectivity index (χ3n) is 4.09. The van der Waals surface area contributed by atoms with Crippen molar-refractivity contribution in [2.45, 2.75) is 30.7 Å². The van der Waals surface area contributed by atoms with Crippen LogP contribution in [-0.2, 0) is 14.8 Å². The Kier molecular flexibility index (Phi) is 3.30. The van der Waals surface area contributed by atoms with Crippen LogP contribution in [0.1, 0.15) is 18.4 Å². The molecule has 108 valence electrons. The van der Waals surface area contributed by atoms with Gasteiger partial charge >= 0.3 is 0 Å². The van der Waals surface area contributed by atoms with Crippen LogP contribution in [0.15, 0.2) is 29.2 Å². The number of piperazine rings is 1. The molecule has 0 saturated carbocycles. The monoisotopic (exact) mass is 294 g/mol. The van der Waals surface area contributed by atoms with Crippen molar-refractivity contribution < 1.29 is 13.2 Å². The summed E-state index contributed by atoms with van der Waals surface area (Å²) in [6, 6.07) is 6.40. The number of rotatable bonds is 2. The first-order chi connectivity index (χ1) is 9.50. The van der Waals surface area contributed by atoms with Crippen LogP contribution in [0, 0.1) is 6.92 Å². The zero-order chi connectivity index (χ0) is 14.3. The van der Waals surface area contributed by atoms with E-state index in [1.807, 2.05) is 6.92 Å². The Morgan fingerprint density at radius 1 is 1.10 bits per heavy atom. The number of nitrogens with zero attached hydrogens (tertiary/aromatic N) is 2. The zero-order valence-electron chi connectivity index (χ0n) is 11.4. The van der Waals surface area contributed by atoms with Crippen LogP contribution >= 0.6 is 0 Å². The van der Waals surface area contributed by atoms with E-state index in [2.05, 4.69) is 4.90 Å². The largest absolute Gasteiger partial charge is 0.290 e. The fourth-order valence-corrected chi connectivity index (χ4v) is 4.36. The van der Waals surface area contributed by atoms with E-state index in [0.29, 0.717) is 6.54 Å². The number of carbonyl (C=O) groups excluding carboxylic acids is 1. The van der Waals surface area contributed by atoms with Gasteiger partial charge in [0.1, 0.15) is 0 Å². The van der Waals surface area contributed by atoms with Gasteiger partial charge in [0.2, 0.25) is 0 Å². The number of hydrogen-bond donors (Lipinski definition) is 0. The number of fused-ring (bicyclic) bond motifs is 1. The summed E-state index contributed by atoms with van der Waals surface area (Å²) in [5.74, 6) is -0.269. The third-order valence-corrected chi connectivity index (χ3v) is 5.90. The fourth-order valence-electron chi connectivity index (χ4n) is 2.95. The molecule has 3 rings (SSSR count). The molecule has 6 heteroatoms. The Morgan fingerprint density at radius 2 is 1.80 bits per heavy atom. The lowest BCUT2D eigenvalue weighted by atomic mass is 10.2. The smallest absolute Gasteiger partial charge is 0.266 e. The summed E-state index contributed by atoms with van der Waals surface area (Å²) < 4.78 is 26.2. The van der Waals surface area contributed by atoms with Crippen molar-refractivity contribution in [3.8, 4) is 0 Å². The number of carbonyl (C=O) groups is 1. The molecule has 2 fully saturated rings. The fraction of sp³-hybridized carbons (Fsp3) is 0.500. The Morgan fingerprint density at radius 3 is 2.50 bits per heavy atom. The van der Waals surface area contributed by atoms with Crippen LogP contribution in [0.5, 0.6) is 0 Å². The van der Waals surface area contributed by atoms with Crippen molar-refractivity contribution >= 4 is 15.9 Å². The maximum Gasteiger partial charge on any atom is 0.266 e. The van der Waals surface area contributed by atoms with Gasteiger partial charge in [0, 0.05) is 6.54 Å². The summed E-state index contributed by atoms with van der Waals surface area (Å²) in [5, 5.41) is 0. The number of hydrogen-bond acceptors (Lipinski definition) is 4. The topological polar surface area (TPSA) is 57.7 Å². The van der Waals surface area contributed by atoms with Crippen LogP contribution in [0.25, 0.3) is 0 Å². The Balaban J connectivity index is 1.91. The quantitative estimate of drug-likeness (QED) is 0.816. The Bertz CT molecular complexity index is 624. The summed E-state index contributed by atoms with van der Waals surface area (Å²) in [6.45, 7) is 3.70. The van der Waals surface area contributed by atoms with Gasteiger partial charge in [0.05, 0.1) is 17.5 Å². The number of aryl methyl sites for hydroxylation is 1. The molecule has 0 spiro atoms. The predicted molar refractivity (Wildman–Crippen MR) is 74.7 cm³/mol. The standard InChI is InChI=1S/C14H18N2O3S/c1-11-4-6-12(7-5-11)20(18,19)16-10-9-15-8-2-3-13(15)14(16)17/h4-7,13H,2-3,8-10H2,1H3/t13-/m0/s1. The maximum absolute atomic E-state index is 12.6. The molecule has 1 aromatic rings. The molecule has 20 heavy (non-hydrogen) atoms. The molecule has 2 heterocycles. The maximum atomic E-state index is 12.6. The molecule has 0 N–H and O–H groups in total. The van der Waals surface area contributed by atoms with Gasteiger partial charge in [-0.25, -0.2) is 12.7 Å². The molecule has 2 saturated heterocycles. The highest BCUT2D eigenvalue weighted by Crippen LogP contribution is 2.26. The molecule has 0 aromatic heterocycles. The van der Waals surface area contributed by atoms with Gasteiger partial charge in [0.15, 0.2) is 0 Å². The molecular formula is C14H18N2O3S. The van der Waals surface area contributed by atoms with Gasteiger partial charge in [-0.1, -0.05) is 17.7 Å². The van der Waals surface area contributed by atoms with Gasteiger partial charge < -0.3 is 0 Å². The van der Waals surface area contributed by atoms with E-state index in [4.69, 9.17) is 0 Å². The van der Waals surface area contributed by atoms with Crippen molar-refractivity contribution in [1.29, 1.82) is 0 Å². The van der Waals surface area contributed by atoms with E-state index < -0.39 is 10.0 Å². The average molecular weight is 294 g/mol. The first-order valence-corrected chi connectivity index (χ1v) is 8.31. The summed E-state index contributed by atoms with van der Waals surface area (Å²) in [5.41, 5.74) is 0.996. The van der Waals surface area contributed by atoms with Crippen LogP contribution in [0.3, 0.4) is 0 Å². The lowest BCUT2D eigenvalue weighted by Crippen LogP contribution is -2.55. The second-order valence-electron chi connectivity index (χ2n) is 5.42. The first-order valence-electron chi connectivity index (χ1n) is 6.87. The minimum absolute atomic E-state index is 0.197. The Labute approximate surface area is 119 Å². The first kappa shape index (κ1) is 13.6. The number of benzene rings is 1. The zero-order valence-corrected chi connectivity index (χ0v) is 12.3. The molecular weight excluding hydrogens is 276 g/mol. The van der Waals surface area contributed by atoms with Crippen LogP contribution in [-0.4, -0.2) is 49.2 Å². The van der Waals surface area contributed by atoms with Crippen molar-refractivity contribution in [2.24, 2.45) is 0 Å². The molecule has 0 radical (unpaired) electrons. The van der Waals surface area contributed by atoms with Gasteiger partial charge in [-0.15, -0.1) is 0 Å². The predicted octanol–water partition coefficient (Wildman–Crippen LogP) is 0.990.